The average Bonchev–Trinajstić information content (AvgIpc) is 2.75. The highest BCUT2D eigenvalue weighted by atomic mass is 16.3. The van der Waals surface area contributed by atoms with Crippen molar-refractivity contribution >= 4 is 5.78 Å². The normalized spacial score (nSPS) is 60.1. The number of ketones is 1. The number of Topliss-reactive ketones (excluding diaryl/α,β-unsaturated/α-hetero) is 1. The molecule has 0 aromatic carbocycles. The monoisotopic (exact) mass is 442 g/mol. The Morgan fingerprint density at radius 1 is 0.750 bits per heavy atom. The van der Waals surface area contributed by atoms with Gasteiger partial charge in [-0.3, -0.25) is 4.79 Å². The van der Waals surface area contributed by atoms with Gasteiger partial charge in [-0.15, -0.1) is 0 Å². The maximum Gasteiger partial charge on any atom is 0.136 e. The molecular weight excluding hydrogens is 392 g/mol. The lowest BCUT2D eigenvalue weighted by atomic mass is 9.30. The molecule has 0 unspecified atom stereocenters. The summed E-state index contributed by atoms with van der Waals surface area (Å²) >= 11 is 0. The van der Waals surface area contributed by atoms with Gasteiger partial charge in [0.1, 0.15) is 5.78 Å². The van der Waals surface area contributed by atoms with Crippen LogP contribution >= 0.6 is 0 Å². The molecule has 2 nitrogen and oxygen atoms in total. The molecule has 5 fully saturated rings. The second-order valence-electron chi connectivity index (χ2n) is 15.1. The number of aliphatic hydroxyl groups is 1. The predicted molar refractivity (Wildman–Crippen MR) is 131 cm³/mol. The maximum atomic E-state index is 12.7. The summed E-state index contributed by atoms with van der Waals surface area (Å²) in [7, 11) is 0. The highest BCUT2D eigenvalue weighted by molar-refractivity contribution is 5.82. The highest BCUT2D eigenvalue weighted by Crippen LogP contribution is 2.78. The molecule has 0 heterocycles. The fraction of sp³-hybridized carbons (Fsp3) is 0.967. The summed E-state index contributed by atoms with van der Waals surface area (Å²) in [6.45, 7) is 18.0. The first-order valence-electron chi connectivity index (χ1n) is 13.9. The van der Waals surface area contributed by atoms with Crippen molar-refractivity contribution in [3.05, 3.63) is 0 Å². The molecule has 32 heavy (non-hydrogen) atoms. The first-order chi connectivity index (χ1) is 14.8. The van der Waals surface area contributed by atoms with Crippen LogP contribution in [0.5, 0.6) is 0 Å². The molecule has 182 valence electrons. The van der Waals surface area contributed by atoms with Crippen LogP contribution in [0.3, 0.4) is 0 Å². The molecule has 2 heteroatoms. The van der Waals surface area contributed by atoms with E-state index in [0.29, 0.717) is 40.0 Å². The average molecular weight is 443 g/mol. The van der Waals surface area contributed by atoms with Crippen molar-refractivity contribution < 1.29 is 9.90 Å². The molecule has 5 aliphatic carbocycles. The zero-order valence-corrected chi connectivity index (χ0v) is 22.2. The largest absolute Gasteiger partial charge is 0.396 e. The second-order valence-corrected chi connectivity index (χ2v) is 15.1. The zero-order valence-electron chi connectivity index (χ0n) is 22.2. The number of hydrogen-bond donors (Lipinski definition) is 1. The van der Waals surface area contributed by atoms with Crippen molar-refractivity contribution in [1.82, 2.24) is 0 Å². The third kappa shape index (κ3) is 2.71. The van der Waals surface area contributed by atoms with Crippen LogP contribution in [-0.2, 0) is 4.79 Å². The Kier molecular flexibility index (Phi) is 5.01. The lowest BCUT2D eigenvalue weighted by molar-refractivity contribution is -0.258. The molecule has 0 spiro atoms. The standard InChI is InChI=1S/C30H50O2/c1-20-21(32)8-9-22-27(20,4)11-10-23-28(22,5)15-17-30(7)24-18-25(2,19-31)12-13-26(24,3)14-16-29(23,30)6/h20,22-24,31H,8-19H2,1-7H3/t20-,22+,23+,24+,25+,26+,27-,28-,29+,30-/m0/s1. The first-order valence-corrected chi connectivity index (χ1v) is 13.9. The Morgan fingerprint density at radius 2 is 1.38 bits per heavy atom. The Hall–Kier alpha value is -0.370. The van der Waals surface area contributed by atoms with Crippen molar-refractivity contribution in [3.8, 4) is 0 Å². The van der Waals surface area contributed by atoms with Gasteiger partial charge in [0.2, 0.25) is 0 Å². The molecule has 5 rings (SSSR count). The smallest absolute Gasteiger partial charge is 0.136 e. The van der Waals surface area contributed by atoms with Crippen molar-refractivity contribution in [2.45, 2.75) is 119 Å². The zero-order chi connectivity index (χ0) is 23.4. The van der Waals surface area contributed by atoms with E-state index in [-0.39, 0.29) is 16.7 Å². The van der Waals surface area contributed by atoms with E-state index in [1.165, 1.54) is 57.8 Å². The molecule has 5 aliphatic rings. The van der Waals surface area contributed by atoms with Crippen LogP contribution < -0.4 is 0 Å². The van der Waals surface area contributed by atoms with Crippen molar-refractivity contribution in [3.63, 3.8) is 0 Å². The van der Waals surface area contributed by atoms with Crippen LogP contribution in [0.1, 0.15) is 119 Å². The topological polar surface area (TPSA) is 37.3 Å². The summed E-state index contributed by atoms with van der Waals surface area (Å²) in [6, 6.07) is 0. The Balaban J connectivity index is 1.54. The van der Waals surface area contributed by atoms with E-state index in [9.17, 15) is 9.90 Å². The molecule has 10 atom stereocenters. The molecular formula is C30H50O2. The van der Waals surface area contributed by atoms with Gasteiger partial charge in [-0.2, -0.15) is 0 Å². The van der Waals surface area contributed by atoms with Crippen LogP contribution in [0.25, 0.3) is 0 Å². The number of aliphatic hydroxyl groups excluding tert-OH is 1. The molecule has 0 amide bonds. The van der Waals surface area contributed by atoms with Gasteiger partial charge in [0.25, 0.3) is 0 Å². The Bertz CT molecular complexity index is 805. The van der Waals surface area contributed by atoms with E-state index in [1.54, 1.807) is 0 Å². The number of carbonyl (C=O) groups is 1. The molecule has 0 radical (unpaired) electrons. The predicted octanol–water partition coefficient (Wildman–Crippen LogP) is 7.43. The maximum absolute atomic E-state index is 12.7. The molecule has 0 aromatic heterocycles. The van der Waals surface area contributed by atoms with Crippen LogP contribution in [0.4, 0.5) is 0 Å². The first kappa shape index (κ1) is 23.4. The SMILES string of the molecule is C[C@H]1C(=O)CC[C@H]2[C@]3(C)CC[C@@]4(C)[C@@H]5C[C@](C)(CO)CC[C@]5(C)CC[C@]4(C)[C@@H]3CC[C@]21C. The number of hydrogen-bond acceptors (Lipinski definition) is 2. The Morgan fingerprint density at radius 3 is 2.06 bits per heavy atom. The van der Waals surface area contributed by atoms with Crippen molar-refractivity contribution in [2.24, 2.45) is 56.2 Å². The van der Waals surface area contributed by atoms with E-state index < -0.39 is 0 Å². The summed E-state index contributed by atoms with van der Waals surface area (Å²) < 4.78 is 0. The molecule has 5 saturated carbocycles. The van der Waals surface area contributed by atoms with Crippen LogP contribution in [0.15, 0.2) is 0 Å². The number of fused-ring (bicyclic) bond motifs is 7. The quantitative estimate of drug-likeness (QED) is 0.458. The van der Waals surface area contributed by atoms with E-state index in [4.69, 9.17) is 0 Å². The Labute approximate surface area is 197 Å². The van der Waals surface area contributed by atoms with Crippen molar-refractivity contribution in [1.29, 1.82) is 0 Å². The lowest BCUT2D eigenvalue weighted by Crippen LogP contribution is -2.67. The number of rotatable bonds is 1. The molecule has 0 saturated heterocycles. The summed E-state index contributed by atoms with van der Waals surface area (Å²) in [6.07, 6.45) is 13.6. The minimum Gasteiger partial charge on any atom is -0.396 e. The minimum absolute atomic E-state index is 0.108. The summed E-state index contributed by atoms with van der Waals surface area (Å²) in [5, 5.41) is 10.3. The van der Waals surface area contributed by atoms with Gasteiger partial charge in [-0.05, 0) is 114 Å². The van der Waals surface area contributed by atoms with Gasteiger partial charge in [0, 0.05) is 18.9 Å². The van der Waals surface area contributed by atoms with E-state index in [1.807, 2.05) is 0 Å². The van der Waals surface area contributed by atoms with Gasteiger partial charge in [0.15, 0.2) is 0 Å². The lowest BCUT2D eigenvalue weighted by Gasteiger charge is -2.74. The summed E-state index contributed by atoms with van der Waals surface area (Å²) in [4.78, 5) is 12.7. The van der Waals surface area contributed by atoms with E-state index >= 15 is 0 Å². The van der Waals surface area contributed by atoms with Crippen molar-refractivity contribution in [2.75, 3.05) is 6.61 Å². The molecule has 0 aliphatic heterocycles. The van der Waals surface area contributed by atoms with Crippen LogP contribution in [-0.4, -0.2) is 17.5 Å². The second kappa shape index (κ2) is 6.86. The highest BCUT2D eigenvalue weighted by Gasteiger charge is 2.70. The van der Waals surface area contributed by atoms with Gasteiger partial charge in [-0.1, -0.05) is 48.5 Å². The van der Waals surface area contributed by atoms with Gasteiger partial charge < -0.3 is 5.11 Å². The molecule has 0 aromatic rings. The van der Waals surface area contributed by atoms with E-state index in [0.717, 1.165) is 24.7 Å². The fourth-order valence-corrected chi connectivity index (χ4v) is 11.2. The summed E-state index contributed by atoms with van der Waals surface area (Å²) in [5.74, 6) is 2.96. The van der Waals surface area contributed by atoms with Gasteiger partial charge in [-0.25, -0.2) is 0 Å². The number of carbonyl (C=O) groups excluding carboxylic acids is 1. The van der Waals surface area contributed by atoms with Crippen LogP contribution in [0.2, 0.25) is 0 Å². The van der Waals surface area contributed by atoms with Gasteiger partial charge >= 0.3 is 0 Å². The fourth-order valence-electron chi connectivity index (χ4n) is 11.2. The third-order valence-electron chi connectivity index (χ3n) is 14.0. The third-order valence-corrected chi connectivity index (χ3v) is 14.0. The summed E-state index contributed by atoms with van der Waals surface area (Å²) in [5.41, 5.74) is 1.88. The minimum atomic E-state index is 0.108. The van der Waals surface area contributed by atoms with E-state index in [2.05, 4.69) is 48.5 Å². The molecule has 1 N–H and O–H groups in total. The van der Waals surface area contributed by atoms with Gasteiger partial charge in [0.05, 0.1) is 0 Å². The molecule has 0 bridgehead atoms. The van der Waals surface area contributed by atoms with Crippen LogP contribution in [0, 0.1) is 56.2 Å².